The van der Waals surface area contributed by atoms with Crippen LogP contribution in [0.2, 0.25) is 0 Å². The summed E-state index contributed by atoms with van der Waals surface area (Å²) in [7, 11) is 1.42. The molecule has 1 N–H and O–H groups in total. The topological polar surface area (TPSA) is 138 Å². The normalized spacial score (nSPS) is 17.7. The van der Waals surface area contributed by atoms with Crippen molar-refractivity contribution in [1.29, 1.82) is 0 Å². The summed E-state index contributed by atoms with van der Waals surface area (Å²) in [5.74, 6) is -2.07. The van der Waals surface area contributed by atoms with Gasteiger partial charge in [-0.3, -0.25) is 19.2 Å². The van der Waals surface area contributed by atoms with E-state index in [1.54, 1.807) is 15.6 Å². The van der Waals surface area contributed by atoms with Gasteiger partial charge in [0.15, 0.2) is 5.71 Å². The second-order valence-electron chi connectivity index (χ2n) is 12.0. The van der Waals surface area contributed by atoms with Crippen LogP contribution >= 0.6 is 0 Å². The van der Waals surface area contributed by atoms with Gasteiger partial charge in [0.2, 0.25) is 5.43 Å². The third-order valence-electron chi connectivity index (χ3n) is 8.84. The summed E-state index contributed by atoms with van der Waals surface area (Å²) in [6.45, 7) is 5.84. The van der Waals surface area contributed by atoms with E-state index in [0.717, 1.165) is 35.3 Å². The van der Waals surface area contributed by atoms with E-state index in [-0.39, 0.29) is 28.6 Å². The van der Waals surface area contributed by atoms with Gasteiger partial charge < -0.3 is 24.3 Å². The minimum atomic E-state index is -1.31. The number of hydrogen-bond acceptors (Lipinski definition) is 9. The number of amides is 1. The average Bonchev–Trinajstić information content (AvgIpc) is 3.73. The third-order valence-corrected chi connectivity index (χ3v) is 8.84. The Balaban J connectivity index is 0.996. The lowest BCUT2D eigenvalue weighted by Crippen LogP contribution is -2.46. The van der Waals surface area contributed by atoms with Crippen LogP contribution in [0.3, 0.4) is 0 Å². The minimum absolute atomic E-state index is 0.0896. The van der Waals surface area contributed by atoms with Gasteiger partial charge in [0.05, 0.1) is 29.1 Å². The van der Waals surface area contributed by atoms with Crippen molar-refractivity contribution in [3.05, 3.63) is 81.2 Å². The number of aromatic carboxylic acids is 1. The number of fused-ring (bicyclic) bond motifs is 2. The van der Waals surface area contributed by atoms with E-state index < -0.39 is 17.2 Å². The molecule has 7 rings (SSSR count). The molecule has 0 radical (unpaired) electrons. The molecule has 0 bridgehead atoms. The SMILES string of the molecule is CO/N=C1/C(=O)N(CCn2cc(CN3CCN(c4cc5c(cc4F)c(=O)c(C(=O)O)cn5C4CC4)CC3)nn2)c2ccc(C)cc21. The van der Waals surface area contributed by atoms with Crippen molar-refractivity contribution in [3.8, 4) is 0 Å². The molecular weight excluding hydrogens is 595 g/mol. The maximum atomic E-state index is 15.4. The lowest BCUT2D eigenvalue weighted by molar-refractivity contribution is -0.112. The van der Waals surface area contributed by atoms with Crippen LogP contribution in [-0.4, -0.2) is 87.0 Å². The zero-order chi connectivity index (χ0) is 32.1. The predicted octanol–water partition coefficient (Wildman–Crippen LogP) is 2.79. The van der Waals surface area contributed by atoms with Crippen LogP contribution in [0.5, 0.6) is 0 Å². The summed E-state index contributed by atoms with van der Waals surface area (Å²) >= 11 is 0. The van der Waals surface area contributed by atoms with Gasteiger partial charge in [-0.25, -0.2) is 9.18 Å². The molecule has 2 aromatic carbocycles. The fourth-order valence-corrected chi connectivity index (χ4v) is 6.34. The Morgan fingerprint density at radius 2 is 1.85 bits per heavy atom. The molecule has 1 aliphatic carbocycles. The van der Waals surface area contributed by atoms with Crippen molar-refractivity contribution in [3.63, 3.8) is 0 Å². The van der Waals surface area contributed by atoms with Crippen molar-refractivity contribution >= 4 is 39.9 Å². The van der Waals surface area contributed by atoms with Gasteiger partial charge in [0, 0.05) is 68.7 Å². The summed E-state index contributed by atoms with van der Waals surface area (Å²) in [6, 6.07) is 8.78. The van der Waals surface area contributed by atoms with Crippen molar-refractivity contribution in [2.75, 3.05) is 49.6 Å². The first-order valence-electron chi connectivity index (χ1n) is 15.2. The molecule has 1 saturated carbocycles. The summed E-state index contributed by atoms with van der Waals surface area (Å²) < 4.78 is 18.9. The molecule has 0 atom stereocenters. The van der Waals surface area contributed by atoms with Crippen LogP contribution < -0.4 is 15.2 Å². The quantitative estimate of drug-likeness (QED) is 0.277. The first-order valence-corrected chi connectivity index (χ1v) is 15.2. The zero-order valence-corrected chi connectivity index (χ0v) is 25.5. The number of hydrogen-bond donors (Lipinski definition) is 1. The Labute approximate surface area is 263 Å². The van der Waals surface area contributed by atoms with Crippen molar-refractivity contribution in [2.45, 2.75) is 38.9 Å². The molecule has 238 valence electrons. The number of aryl methyl sites for hydroxylation is 1. The molecule has 0 spiro atoms. The number of nitrogens with zero attached hydrogens (tertiary/aromatic N) is 8. The van der Waals surface area contributed by atoms with E-state index in [4.69, 9.17) is 4.84 Å². The van der Waals surface area contributed by atoms with E-state index in [0.29, 0.717) is 57.0 Å². The molecule has 3 aliphatic rings. The average molecular weight is 629 g/mol. The molecule has 13 nitrogen and oxygen atoms in total. The molecule has 0 unspecified atom stereocenters. The van der Waals surface area contributed by atoms with E-state index in [2.05, 4.69) is 20.4 Å². The van der Waals surface area contributed by atoms with Crippen LogP contribution in [0.25, 0.3) is 10.9 Å². The van der Waals surface area contributed by atoms with E-state index in [9.17, 15) is 19.5 Å². The maximum absolute atomic E-state index is 15.4. The highest BCUT2D eigenvalue weighted by Crippen LogP contribution is 2.38. The number of benzene rings is 2. The molecule has 4 aromatic rings. The molecule has 2 aliphatic heterocycles. The number of halogens is 1. The molecule has 2 fully saturated rings. The minimum Gasteiger partial charge on any atom is -0.477 e. The van der Waals surface area contributed by atoms with Crippen molar-refractivity contribution in [1.82, 2.24) is 24.5 Å². The fourth-order valence-electron chi connectivity index (χ4n) is 6.34. The molecule has 2 aromatic heterocycles. The van der Waals surface area contributed by atoms with Crippen LogP contribution in [0, 0.1) is 12.7 Å². The smallest absolute Gasteiger partial charge is 0.341 e. The highest BCUT2D eigenvalue weighted by Gasteiger charge is 2.35. The van der Waals surface area contributed by atoms with Gasteiger partial charge in [0.25, 0.3) is 5.91 Å². The number of piperazine rings is 1. The summed E-state index contributed by atoms with van der Waals surface area (Å²) in [6.07, 6.45) is 5.05. The molecule has 1 saturated heterocycles. The largest absolute Gasteiger partial charge is 0.477 e. The Bertz CT molecular complexity index is 1960. The van der Waals surface area contributed by atoms with Gasteiger partial charge in [-0.15, -0.1) is 5.10 Å². The Morgan fingerprint density at radius 3 is 2.57 bits per heavy atom. The van der Waals surface area contributed by atoms with Crippen molar-refractivity contribution < 1.29 is 23.9 Å². The number of anilines is 2. The fraction of sp³-hybridized carbons (Fsp3) is 0.375. The Morgan fingerprint density at radius 1 is 1.07 bits per heavy atom. The molecule has 14 heteroatoms. The van der Waals surface area contributed by atoms with Crippen LogP contribution in [0.15, 0.2) is 52.7 Å². The van der Waals surface area contributed by atoms with Gasteiger partial charge >= 0.3 is 5.97 Å². The molecule has 46 heavy (non-hydrogen) atoms. The standard InChI is InChI=1S/C32H33FN8O5/c1-19-3-6-26-22(13-19)29(35-46-2)31(43)40(26)12-11-39-17-20(34-36-39)16-37-7-9-38(10-8-37)28-15-27-23(14-25(28)33)30(42)24(32(44)45)18-41(27)21-4-5-21/h3,6,13-15,17-18,21H,4-5,7-12,16H2,1-2H3,(H,44,45)/b35-29+. The summed E-state index contributed by atoms with van der Waals surface area (Å²) in [5.41, 5.74) is 3.59. The number of carbonyl (C=O) groups is 2. The number of carboxylic acids is 1. The number of aromatic nitrogens is 4. The zero-order valence-electron chi connectivity index (χ0n) is 25.5. The number of oxime groups is 1. The van der Waals surface area contributed by atoms with E-state index >= 15 is 4.39 Å². The van der Waals surface area contributed by atoms with Crippen molar-refractivity contribution in [2.24, 2.45) is 5.16 Å². The Kier molecular flexibility index (Phi) is 7.51. The second-order valence-corrected chi connectivity index (χ2v) is 12.0. The lowest BCUT2D eigenvalue weighted by atomic mass is 10.1. The first kappa shape index (κ1) is 29.6. The number of rotatable bonds is 9. The predicted molar refractivity (Wildman–Crippen MR) is 168 cm³/mol. The maximum Gasteiger partial charge on any atom is 0.341 e. The highest BCUT2D eigenvalue weighted by molar-refractivity contribution is 6.54. The third kappa shape index (κ3) is 5.38. The van der Waals surface area contributed by atoms with Gasteiger partial charge in [-0.2, -0.15) is 0 Å². The highest BCUT2D eigenvalue weighted by atomic mass is 19.1. The van der Waals surface area contributed by atoms with E-state index in [1.165, 1.54) is 19.4 Å². The monoisotopic (exact) mass is 628 g/mol. The number of carbonyl (C=O) groups excluding carboxylic acids is 1. The first-order chi connectivity index (χ1) is 22.2. The summed E-state index contributed by atoms with van der Waals surface area (Å²) in [5, 5.41) is 22.2. The van der Waals surface area contributed by atoms with Gasteiger partial charge in [-0.05, 0) is 44.0 Å². The van der Waals surface area contributed by atoms with E-state index in [1.807, 2.05) is 40.8 Å². The van der Waals surface area contributed by atoms with Crippen LogP contribution in [-0.2, 0) is 22.7 Å². The van der Waals surface area contributed by atoms with Crippen LogP contribution in [0.4, 0.5) is 15.8 Å². The summed E-state index contributed by atoms with van der Waals surface area (Å²) in [4.78, 5) is 48.3. The molecule has 1 amide bonds. The second kappa shape index (κ2) is 11.7. The lowest BCUT2D eigenvalue weighted by Gasteiger charge is -2.36. The molecular formula is C32H33FN8O5. The van der Waals surface area contributed by atoms with Gasteiger partial charge in [-0.1, -0.05) is 22.0 Å². The Hall–Kier alpha value is -5.11. The van der Waals surface area contributed by atoms with Crippen LogP contribution in [0.1, 0.15) is 46.1 Å². The number of carboxylic acid groups (broad SMARTS) is 1. The number of pyridine rings is 1. The molecule has 4 heterocycles. The van der Waals surface area contributed by atoms with Gasteiger partial charge in [0.1, 0.15) is 18.5 Å².